The van der Waals surface area contributed by atoms with Gasteiger partial charge in [0.25, 0.3) is 0 Å². The minimum Gasteiger partial charge on any atom is -0.468 e. The first-order valence-electron chi connectivity index (χ1n) is 49.7. The smallest absolute Gasteiger partial charge is 0.326 e. The zero-order valence-corrected chi connectivity index (χ0v) is 96.5. The molecule has 0 saturated carbocycles. The number of nitrogens with one attached hydrogen (secondary N) is 8. The van der Waals surface area contributed by atoms with Gasteiger partial charge in [0.2, 0.25) is 0 Å². The molecule has 0 amide bonds. The second-order valence-corrected chi connectivity index (χ2v) is 40.0. The van der Waals surface area contributed by atoms with E-state index in [4.69, 9.17) is 48.8 Å². The highest BCUT2D eigenvalue weighted by atomic mass is 16.6. The molecule has 0 aromatic carbocycles. The van der Waals surface area contributed by atoms with E-state index in [0.29, 0.717) is 37.9 Å². The van der Waals surface area contributed by atoms with Crippen LogP contribution in [0.1, 0.15) is 326 Å². The molecule has 40 nitrogen and oxygen atoms in total. The maximum absolute atomic E-state index is 11.7. The van der Waals surface area contributed by atoms with Gasteiger partial charge < -0.3 is 141 Å². The van der Waals surface area contributed by atoms with Gasteiger partial charge in [-0.25, -0.2) is 0 Å². The molecule has 141 heavy (non-hydrogen) atoms. The molecule has 0 aromatic rings. The number of aliphatic hydroxyl groups excluding tert-OH is 11. The van der Waals surface area contributed by atoms with Crippen LogP contribution in [0.4, 0.5) is 0 Å². The molecular weight excluding hydrogens is 1830 g/mol. The Morgan fingerprint density at radius 2 is 0.532 bits per heavy atom. The van der Waals surface area contributed by atoms with Crippen molar-refractivity contribution < 1.29 is 142 Å². The normalized spacial score (nSPS) is 15.2. The lowest BCUT2D eigenvalue weighted by Gasteiger charge is -2.37. The van der Waals surface area contributed by atoms with Gasteiger partial charge in [0.05, 0.1) is 116 Å². The molecule has 852 valence electrons. The van der Waals surface area contributed by atoms with E-state index in [0.717, 1.165) is 0 Å². The van der Waals surface area contributed by atoms with Crippen LogP contribution in [0.25, 0.3) is 0 Å². The highest BCUT2D eigenvalue weighted by Crippen LogP contribution is 2.16. The summed E-state index contributed by atoms with van der Waals surface area (Å²) in [6.45, 7) is 86.9. The SMILES string of the molecule is C.CC(C)N(C(C)C)[C@H](C)[C@@H](C)O.CC(C)N(C)[C@H](C)[C@@H](C)O.CC(C)N[C@@H](CO)C(=O)OC(C)(C)C.CC(C)N[C@@H](CO)C(=O)OC(C)C.CC(C)N[C@H](C(=O)OC(C)(C)C)[C@@H](C)O.CC(C)N[C@H](C(=O)OC(C)C)[C@@H](C)O.CCN(C(C)C)[C@H](C(=O)OC)[C@@H](C)O.CCOC(=O)[C@@H](NC(C)C)[C@@H](C)O.CCOC(=O)[C@H](CO)NC(C)C.COC(=O)[C@@H](NC(C)C)[C@@H](C)O.COC(=O)[C@H](CO)NC(C)C. The fourth-order valence-electron chi connectivity index (χ4n) is 11.8. The molecule has 0 aliphatic heterocycles. The van der Waals surface area contributed by atoms with Gasteiger partial charge in [-0.2, -0.15) is 0 Å². The van der Waals surface area contributed by atoms with Gasteiger partial charge in [-0.15, -0.1) is 0 Å². The number of hydrogen-bond acceptors (Lipinski definition) is 40. The maximum Gasteiger partial charge on any atom is 0.326 e. The van der Waals surface area contributed by atoms with Gasteiger partial charge in [0.15, 0.2) is 0 Å². The van der Waals surface area contributed by atoms with E-state index in [-0.39, 0.29) is 131 Å². The molecule has 0 heterocycles. The average Bonchev–Trinajstić information content (AvgIpc) is 0.856. The van der Waals surface area contributed by atoms with Crippen LogP contribution in [0.2, 0.25) is 0 Å². The lowest BCUT2D eigenvalue weighted by Crippen LogP contribution is -2.51. The standard InChI is InChI=1S/C11H23NO3.3C10H21NO3.C10H23NO.2C9H19NO3.2C8H17NO3.C8H19NO.C7H15NO3.CH4/c1-7(2)12-9(8(3)13)10(14)15-11(4,5)6;1-7(2)11-8(6-12)9(13)14-10(3,4)5;1-6-11(7(2)3)9(8(4)12)10(13)14-5;1-6(2)11-9(8(5)12)10(13)14-7(3)4;1-7(2)11(8(3)4)9(5)10(6)12;1-6(2)10-8(5-11)9(12)13-7(3)4;1-5-13-9(12)8(7(4)11)10-6(2)3;1-5(2)9-7(6(3)10)8(11)12-4;1-4-12-8(11)7(5-10)9-6(2)3;1-6(2)9(5)7(3)8(4)10;1-5(2)8-6(4-9)7(10)11-3;/h7-9,12-13H,1-6H3;7-8,11-12H,6H2,1-5H3;7-9,12H,6H2,1-5H3;6-9,11-12H,1-5H3;7-10,12H,1-6H3;2*6-8,10-11H,5H2,1-4H3;5-7,9-10H,1-4H3;6-7,9-10H,4-5H2,1-3H3;6-8,10H,1-5H3;5-6,8-9H,4H2,1-3H3;1H4/t8-,9+;8-;2*8-,9+;9-,10-;8-;7-,8+;6-,7+;7-;7-,8-;6-;/m10111011010./s1. The van der Waals surface area contributed by atoms with E-state index in [1.807, 2.05) is 164 Å². The van der Waals surface area contributed by atoms with Crippen LogP contribution < -0.4 is 42.5 Å². The Balaban J connectivity index is -0.000000130. The van der Waals surface area contributed by atoms with Crippen LogP contribution in [-0.4, -0.2) is 404 Å². The molecule has 0 spiro atoms. The summed E-state index contributed by atoms with van der Waals surface area (Å²) in [5.74, 6) is -3.65. The summed E-state index contributed by atoms with van der Waals surface area (Å²) in [6, 6.07) is -2.21. The zero-order valence-electron chi connectivity index (χ0n) is 96.5. The lowest BCUT2D eigenvalue weighted by atomic mass is 10.1. The van der Waals surface area contributed by atoms with E-state index < -0.39 is 144 Å². The van der Waals surface area contributed by atoms with Gasteiger partial charge in [0.1, 0.15) is 65.6 Å². The quantitative estimate of drug-likeness (QED) is 0.0225. The van der Waals surface area contributed by atoms with Crippen molar-refractivity contribution in [3.8, 4) is 0 Å². The number of hydrogen-bond donors (Lipinski definition) is 19. The Hall–Kier alpha value is -5.65. The number of rotatable bonds is 48. The van der Waals surface area contributed by atoms with Crippen molar-refractivity contribution in [2.24, 2.45) is 0 Å². The molecule has 0 radical (unpaired) electrons. The van der Waals surface area contributed by atoms with Gasteiger partial charge in [-0.1, -0.05) is 125 Å². The number of methoxy groups -OCH3 is 3. The number of esters is 9. The summed E-state index contributed by atoms with van der Waals surface area (Å²) in [5.41, 5.74) is -1.04. The average molecular weight is 2050 g/mol. The number of ether oxygens (including phenoxy) is 9. The van der Waals surface area contributed by atoms with E-state index in [9.17, 15) is 78.9 Å². The molecule has 0 aliphatic carbocycles. The largest absolute Gasteiger partial charge is 0.468 e. The van der Waals surface area contributed by atoms with E-state index in [2.05, 4.69) is 115 Å². The van der Waals surface area contributed by atoms with Crippen molar-refractivity contribution in [1.29, 1.82) is 0 Å². The predicted octanol–water partition coefficient (Wildman–Crippen LogP) is 6.62. The van der Waals surface area contributed by atoms with Crippen LogP contribution >= 0.6 is 0 Å². The van der Waals surface area contributed by atoms with Crippen molar-refractivity contribution in [1.82, 2.24) is 57.2 Å². The van der Waals surface area contributed by atoms with Crippen LogP contribution in [0.15, 0.2) is 0 Å². The molecular formula is C101H219N11O29. The molecule has 0 aromatic heterocycles. The Morgan fingerprint density at radius 3 is 0.738 bits per heavy atom. The summed E-state index contributed by atoms with van der Waals surface area (Å²) in [4.78, 5) is 108. The fraction of sp³-hybridized carbons (Fsp3) is 0.911. The minimum atomic E-state index is -0.762. The second kappa shape index (κ2) is 90.6. The summed E-state index contributed by atoms with van der Waals surface area (Å²) in [7, 11) is 5.97. The zero-order chi connectivity index (χ0) is 113. The topological polar surface area (TPSA) is 565 Å². The number of likely N-dealkylation sites (N-methyl/N-ethyl adjacent to an activating group) is 2. The lowest BCUT2D eigenvalue weighted by molar-refractivity contribution is -0.161. The third-order valence-corrected chi connectivity index (χ3v) is 18.3. The van der Waals surface area contributed by atoms with Crippen LogP contribution in [0.3, 0.4) is 0 Å². The molecule has 0 rings (SSSR count). The molecule has 0 saturated heterocycles. The second-order valence-electron chi connectivity index (χ2n) is 40.0. The molecule has 0 bridgehead atoms. The molecule has 18 atom stereocenters. The fourth-order valence-corrected chi connectivity index (χ4v) is 11.8. The Morgan fingerprint density at radius 1 is 0.284 bits per heavy atom. The summed E-state index contributed by atoms with van der Waals surface area (Å²) < 4.78 is 43.4. The van der Waals surface area contributed by atoms with Gasteiger partial charge in [-0.3, -0.25) is 57.9 Å². The van der Waals surface area contributed by atoms with Crippen LogP contribution in [0.5, 0.6) is 0 Å². The first kappa shape index (κ1) is 161. The predicted molar refractivity (Wildman–Crippen MR) is 562 cm³/mol. The number of carbonyl (C=O) groups excluding carboxylic acids is 9. The van der Waals surface area contributed by atoms with E-state index >= 15 is 0 Å². The highest BCUT2D eigenvalue weighted by Gasteiger charge is 2.35. The highest BCUT2D eigenvalue weighted by molar-refractivity contribution is 5.80. The molecule has 19 N–H and O–H groups in total. The van der Waals surface area contributed by atoms with E-state index in [1.165, 1.54) is 21.3 Å². The number of nitrogens with zero attached hydrogens (tertiary/aromatic N) is 3. The van der Waals surface area contributed by atoms with Gasteiger partial charge >= 0.3 is 53.7 Å². The summed E-state index contributed by atoms with van der Waals surface area (Å²) in [5, 5.41) is 124. The first-order valence-corrected chi connectivity index (χ1v) is 49.7. The maximum atomic E-state index is 11.7. The summed E-state index contributed by atoms with van der Waals surface area (Å²) >= 11 is 0. The van der Waals surface area contributed by atoms with E-state index in [1.54, 1.807) is 118 Å². The van der Waals surface area contributed by atoms with Crippen molar-refractivity contribution in [3.05, 3.63) is 0 Å². The van der Waals surface area contributed by atoms with Crippen molar-refractivity contribution in [2.75, 3.05) is 74.6 Å². The Labute approximate surface area is 854 Å². The number of carbonyl (C=O) groups is 9. The Kier molecular flexibility index (Phi) is 103. The third-order valence-electron chi connectivity index (χ3n) is 18.3. The van der Waals surface area contributed by atoms with Crippen molar-refractivity contribution >= 4 is 53.7 Å². The van der Waals surface area contributed by atoms with Crippen LogP contribution in [0, 0.1) is 0 Å². The monoisotopic (exact) mass is 2050 g/mol. The summed E-state index contributed by atoms with van der Waals surface area (Å²) in [6.07, 6.45) is -4.49. The minimum absolute atomic E-state index is 0. The number of aliphatic hydroxyl groups is 11. The van der Waals surface area contributed by atoms with Crippen LogP contribution in [-0.2, 0) is 85.8 Å². The van der Waals surface area contributed by atoms with Crippen molar-refractivity contribution in [2.45, 2.75) is 531 Å². The third kappa shape index (κ3) is 93.9. The molecule has 0 unspecified atom stereocenters. The van der Waals surface area contributed by atoms with Gasteiger partial charge in [-0.05, 0) is 214 Å². The Bertz CT molecular complexity index is 3000. The van der Waals surface area contributed by atoms with Crippen molar-refractivity contribution in [3.63, 3.8) is 0 Å². The first-order chi connectivity index (χ1) is 63.7. The molecule has 0 aliphatic rings. The molecule has 40 heteroatoms. The van der Waals surface area contributed by atoms with Gasteiger partial charge in [0, 0.05) is 84.6 Å². The molecule has 0 fully saturated rings.